The van der Waals surface area contributed by atoms with Gasteiger partial charge in [-0.1, -0.05) is 75.9 Å². The normalized spacial score (nSPS) is 11.9. The Morgan fingerprint density at radius 3 is 1.79 bits per heavy atom. The van der Waals surface area contributed by atoms with Crippen molar-refractivity contribution in [3.05, 3.63) is 71.3 Å². The Labute approximate surface area is 146 Å². The van der Waals surface area contributed by atoms with Gasteiger partial charge in [-0.25, -0.2) is 0 Å². The van der Waals surface area contributed by atoms with Crippen LogP contribution in [0.5, 0.6) is 0 Å². The van der Waals surface area contributed by atoms with E-state index in [9.17, 15) is 10.2 Å². The Bertz CT molecular complexity index is 601. The molecule has 0 aliphatic carbocycles. The van der Waals surface area contributed by atoms with Crippen LogP contribution in [0.3, 0.4) is 0 Å². The number of rotatable bonds is 7. The Balaban J connectivity index is 0.00000288. The molecule has 0 fully saturated rings. The zero-order valence-corrected chi connectivity index (χ0v) is 14.0. The molecule has 0 aliphatic rings. The van der Waals surface area contributed by atoms with E-state index in [-0.39, 0.29) is 26.1 Å². The lowest BCUT2D eigenvalue weighted by Crippen LogP contribution is -2.49. The topological polar surface area (TPSA) is 66.5 Å². The quantitative estimate of drug-likeness (QED) is 0.731. The zero-order chi connectivity index (χ0) is 16.9. The Morgan fingerprint density at radius 2 is 1.29 bits per heavy atom. The molecule has 0 bridgehead atoms. The maximum atomic E-state index is 9.31. The number of nitrogens with two attached hydrogens (primary N) is 1. The molecule has 2 aromatic carbocycles. The molecule has 24 heavy (non-hydrogen) atoms. The minimum Gasteiger partial charge on any atom is -0.394 e. The van der Waals surface area contributed by atoms with E-state index in [1.54, 1.807) is 0 Å². The number of aliphatic hydroxyl groups excluding tert-OH is 2. The van der Waals surface area contributed by atoms with Crippen LogP contribution in [0.25, 0.3) is 0 Å². The Morgan fingerprint density at radius 1 is 0.792 bits per heavy atom. The molecule has 0 aliphatic heterocycles. The monoisotopic (exact) mass is 329 g/mol. The van der Waals surface area contributed by atoms with Gasteiger partial charge in [0, 0.05) is 0 Å². The van der Waals surface area contributed by atoms with Gasteiger partial charge in [0.15, 0.2) is 0 Å². The molecule has 0 atom stereocenters. The highest BCUT2D eigenvalue weighted by molar-refractivity contribution is 5.31. The van der Waals surface area contributed by atoms with Gasteiger partial charge in [-0.05, 0) is 34.9 Å². The van der Waals surface area contributed by atoms with E-state index >= 15 is 0 Å². The van der Waals surface area contributed by atoms with Crippen LogP contribution < -0.4 is 5.73 Å². The molecule has 3 heteroatoms. The Hall–Kier alpha value is -1.68. The smallest absolute Gasteiger partial charge is 0.0663 e. The van der Waals surface area contributed by atoms with Crippen molar-refractivity contribution < 1.29 is 10.2 Å². The van der Waals surface area contributed by atoms with Gasteiger partial charge in [-0.2, -0.15) is 0 Å². The largest absolute Gasteiger partial charge is 0.394 e. The van der Waals surface area contributed by atoms with Crippen molar-refractivity contribution in [1.82, 2.24) is 0 Å². The molecule has 0 spiro atoms. The van der Waals surface area contributed by atoms with Crippen LogP contribution in [0.2, 0.25) is 0 Å². The van der Waals surface area contributed by atoms with Crippen molar-refractivity contribution in [3.63, 3.8) is 0 Å². The summed E-state index contributed by atoms with van der Waals surface area (Å²) >= 11 is 0. The molecule has 0 unspecified atom stereocenters. The molecule has 3 nitrogen and oxygen atoms in total. The molecule has 0 saturated carbocycles. The molecular formula is C21H31NO2. The minimum absolute atomic E-state index is 0. The van der Waals surface area contributed by atoms with Crippen LogP contribution >= 0.6 is 0 Å². The van der Waals surface area contributed by atoms with Crippen molar-refractivity contribution in [3.8, 4) is 0 Å². The fourth-order valence-electron chi connectivity index (χ4n) is 2.85. The third-order valence-electron chi connectivity index (χ3n) is 4.41. The fraction of sp³-hybridized carbons (Fsp3) is 0.429. The molecule has 0 heterocycles. The lowest BCUT2D eigenvalue weighted by atomic mass is 9.78. The van der Waals surface area contributed by atoms with Crippen LogP contribution in [0.15, 0.2) is 54.6 Å². The van der Waals surface area contributed by atoms with Crippen molar-refractivity contribution in [2.24, 2.45) is 5.73 Å². The second-order valence-electron chi connectivity index (χ2n) is 7.10. The van der Waals surface area contributed by atoms with E-state index in [2.05, 4.69) is 50.2 Å². The number of hydrogen-bond donors (Lipinski definition) is 3. The van der Waals surface area contributed by atoms with E-state index in [0.717, 1.165) is 12.0 Å². The van der Waals surface area contributed by atoms with Crippen molar-refractivity contribution in [2.75, 3.05) is 13.2 Å². The average Bonchev–Trinajstić information content (AvgIpc) is 2.56. The van der Waals surface area contributed by atoms with Gasteiger partial charge < -0.3 is 15.9 Å². The summed E-state index contributed by atoms with van der Waals surface area (Å²) in [7, 11) is 0. The number of aliphatic hydroxyl groups is 2. The van der Waals surface area contributed by atoms with Gasteiger partial charge in [-0.15, -0.1) is 0 Å². The summed E-state index contributed by atoms with van der Waals surface area (Å²) < 4.78 is 0. The van der Waals surface area contributed by atoms with Gasteiger partial charge in [0.1, 0.15) is 0 Å². The number of benzene rings is 2. The average molecular weight is 329 g/mol. The van der Waals surface area contributed by atoms with Crippen LogP contribution in [0, 0.1) is 0 Å². The number of hydrogen-bond acceptors (Lipinski definition) is 3. The first-order valence-electron chi connectivity index (χ1n) is 8.02. The first kappa shape index (κ1) is 20.4. The summed E-state index contributed by atoms with van der Waals surface area (Å²) in [5, 5.41) is 18.6. The van der Waals surface area contributed by atoms with Crippen LogP contribution in [0.4, 0.5) is 0 Å². The van der Waals surface area contributed by atoms with Gasteiger partial charge in [0.05, 0.1) is 18.8 Å². The second-order valence-corrected chi connectivity index (χ2v) is 7.10. The molecule has 132 valence electrons. The van der Waals surface area contributed by atoms with Crippen molar-refractivity contribution in [1.29, 1.82) is 0 Å². The highest BCUT2D eigenvalue weighted by atomic mass is 16.3. The van der Waals surface area contributed by atoms with Crippen molar-refractivity contribution in [2.45, 2.75) is 45.1 Å². The third kappa shape index (κ3) is 5.17. The molecule has 4 N–H and O–H groups in total. The lowest BCUT2D eigenvalue weighted by Gasteiger charge is -2.27. The first-order valence-corrected chi connectivity index (χ1v) is 8.02. The van der Waals surface area contributed by atoms with E-state index < -0.39 is 5.54 Å². The van der Waals surface area contributed by atoms with Crippen molar-refractivity contribution >= 4 is 0 Å². The molecule has 0 saturated heterocycles. The third-order valence-corrected chi connectivity index (χ3v) is 4.41. The summed E-state index contributed by atoms with van der Waals surface area (Å²) in [5.74, 6) is 0. The molecule has 0 radical (unpaired) electrons. The van der Waals surface area contributed by atoms with E-state index in [4.69, 9.17) is 5.73 Å². The summed E-state index contributed by atoms with van der Waals surface area (Å²) in [6.07, 6.45) is 1.43. The summed E-state index contributed by atoms with van der Waals surface area (Å²) in [5.41, 5.74) is 8.64. The standard InChI is InChI=1S/C20H27NO2.CH4/c1-19(2,12-16-6-4-3-5-7-16)18-10-8-17(9-11-18)13-20(21,14-22)15-23;/h3-11,22-23H,12-15,21H2,1-2H3;1H4. The Kier molecular flexibility index (Phi) is 7.15. The highest BCUT2D eigenvalue weighted by Gasteiger charge is 2.24. The van der Waals surface area contributed by atoms with E-state index in [1.807, 2.05) is 18.2 Å². The summed E-state index contributed by atoms with van der Waals surface area (Å²) in [6, 6.07) is 18.8. The fourth-order valence-corrected chi connectivity index (χ4v) is 2.85. The predicted octanol–water partition coefficient (Wildman–Crippen LogP) is 3.07. The molecular weight excluding hydrogens is 298 g/mol. The molecule has 2 rings (SSSR count). The summed E-state index contributed by atoms with van der Waals surface area (Å²) in [6.45, 7) is 4.02. The zero-order valence-electron chi connectivity index (χ0n) is 14.0. The SMILES string of the molecule is C.CC(C)(Cc1ccccc1)c1ccc(CC(N)(CO)CO)cc1. The maximum Gasteiger partial charge on any atom is 0.0663 e. The molecule has 0 amide bonds. The van der Waals surface area contributed by atoms with Crippen LogP contribution in [-0.2, 0) is 18.3 Å². The van der Waals surface area contributed by atoms with Gasteiger partial charge in [0.25, 0.3) is 0 Å². The van der Waals surface area contributed by atoms with Crippen LogP contribution in [0.1, 0.15) is 38.0 Å². The maximum absolute atomic E-state index is 9.31. The molecule has 0 aromatic heterocycles. The first-order chi connectivity index (χ1) is 10.9. The van der Waals surface area contributed by atoms with E-state index in [1.165, 1.54) is 11.1 Å². The second kappa shape index (κ2) is 8.43. The highest BCUT2D eigenvalue weighted by Crippen LogP contribution is 2.28. The lowest BCUT2D eigenvalue weighted by molar-refractivity contribution is 0.121. The summed E-state index contributed by atoms with van der Waals surface area (Å²) in [4.78, 5) is 0. The van der Waals surface area contributed by atoms with Crippen LogP contribution in [-0.4, -0.2) is 29.0 Å². The minimum atomic E-state index is -0.957. The molecule has 2 aromatic rings. The van der Waals surface area contributed by atoms with Gasteiger partial charge >= 0.3 is 0 Å². The predicted molar refractivity (Wildman–Crippen MR) is 101 cm³/mol. The van der Waals surface area contributed by atoms with E-state index in [0.29, 0.717) is 6.42 Å². The van der Waals surface area contributed by atoms with Gasteiger partial charge in [0.2, 0.25) is 0 Å². The van der Waals surface area contributed by atoms with Gasteiger partial charge in [-0.3, -0.25) is 0 Å².